The molecule has 0 saturated carbocycles. The van der Waals surface area contributed by atoms with Crippen LogP contribution in [0.2, 0.25) is 0 Å². The summed E-state index contributed by atoms with van der Waals surface area (Å²) in [6, 6.07) is 0. The van der Waals surface area contributed by atoms with E-state index in [4.69, 9.17) is 0 Å². The van der Waals surface area contributed by atoms with Crippen LogP contribution in [0.25, 0.3) is 0 Å². The maximum Gasteiger partial charge on any atom is 0.282 e. The number of hydrogen-bond acceptors (Lipinski definition) is 4. The summed E-state index contributed by atoms with van der Waals surface area (Å²) in [7, 11) is 1.66. The van der Waals surface area contributed by atoms with Crippen LogP contribution < -0.4 is 10.5 Å². The van der Waals surface area contributed by atoms with Gasteiger partial charge in [0.15, 0.2) is 0 Å². The Hall–Kier alpha value is -0.490. The van der Waals surface area contributed by atoms with Crippen LogP contribution in [-0.2, 0) is 7.05 Å². The number of halogens is 1. The minimum absolute atomic E-state index is 0.0780. The SMILES string of the molecule is Cn1ncc(N2CCSCC2)c(Br)c1=O. The first-order chi connectivity index (χ1) is 7.20. The summed E-state index contributed by atoms with van der Waals surface area (Å²) in [6.45, 7) is 1.97. The van der Waals surface area contributed by atoms with E-state index in [1.165, 1.54) is 4.68 Å². The van der Waals surface area contributed by atoms with Crippen LogP contribution in [0, 0.1) is 0 Å². The van der Waals surface area contributed by atoms with E-state index in [0.717, 1.165) is 30.3 Å². The molecule has 0 bridgehead atoms. The zero-order valence-corrected chi connectivity index (χ0v) is 10.8. The summed E-state index contributed by atoms with van der Waals surface area (Å²) in [4.78, 5) is 13.9. The van der Waals surface area contributed by atoms with Gasteiger partial charge in [-0.05, 0) is 15.9 Å². The Morgan fingerprint density at radius 2 is 2.13 bits per heavy atom. The lowest BCUT2D eigenvalue weighted by Gasteiger charge is -2.28. The van der Waals surface area contributed by atoms with Gasteiger partial charge in [0.25, 0.3) is 5.56 Å². The first kappa shape index (κ1) is 11.0. The second-order valence-corrected chi connectivity index (χ2v) is 5.39. The van der Waals surface area contributed by atoms with Crippen LogP contribution in [0.15, 0.2) is 15.5 Å². The molecule has 0 aliphatic carbocycles. The maximum atomic E-state index is 11.7. The van der Waals surface area contributed by atoms with E-state index in [1.54, 1.807) is 13.2 Å². The van der Waals surface area contributed by atoms with Gasteiger partial charge in [-0.1, -0.05) is 0 Å². The van der Waals surface area contributed by atoms with Crippen molar-refractivity contribution in [3.8, 4) is 0 Å². The molecule has 15 heavy (non-hydrogen) atoms. The molecule has 0 N–H and O–H groups in total. The second kappa shape index (κ2) is 4.57. The molecule has 0 unspecified atom stereocenters. The molecule has 0 radical (unpaired) electrons. The third-order valence-corrected chi connectivity index (χ3v) is 4.10. The summed E-state index contributed by atoms with van der Waals surface area (Å²) in [6.07, 6.45) is 1.75. The monoisotopic (exact) mass is 289 g/mol. The number of aromatic nitrogens is 2. The van der Waals surface area contributed by atoms with Crippen molar-refractivity contribution in [1.82, 2.24) is 9.78 Å². The van der Waals surface area contributed by atoms with E-state index in [2.05, 4.69) is 25.9 Å². The van der Waals surface area contributed by atoms with Crippen molar-refractivity contribution in [2.75, 3.05) is 29.5 Å². The summed E-state index contributed by atoms with van der Waals surface area (Å²) in [5.41, 5.74) is 0.837. The summed E-state index contributed by atoms with van der Waals surface area (Å²) >= 11 is 5.29. The van der Waals surface area contributed by atoms with E-state index < -0.39 is 0 Å². The van der Waals surface area contributed by atoms with Crippen molar-refractivity contribution in [2.45, 2.75) is 0 Å². The molecule has 82 valence electrons. The normalized spacial score (nSPS) is 16.8. The van der Waals surface area contributed by atoms with E-state index in [9.17, 15) is 4.79 Å². The molecule has 4 nitrogen and oxygen atoms in total. The zero-order chi connectivity index (χ0) is 10.8. The van der Waals surface area contributed by atoms with Gasteiger partial charge < -0.3 is 4.90 Å². The van der Waals surface area contributed by atoms with E-state index >= 15 is 0 Å². The standard InChI is InChI=1S/C9H12BrN3OS/c1-12-9(14)8(10)7(6-11-12)13-2-4-15-5-3-13/h6H,2-5H2,1H3. The first-order valence-electron chi connectivity index (χ1n) is 4.74. The predicted octanol–water partition coefficient (Wildman–Crippen LogP) is 1.10. The van der Waals surface area contributed by atoms with Gasteiger partial charge in [-0.15, -0.1) is 0 Å². The number of thioether (sulfide) groups is 1. The Kier molecular flexibility index (Phi) is 3.35. The minimum atomic E-state index is -0.0780. The fraction of sp³-hybridized carbons (Fsp3) is 0.556. The molecule has 1 aliphatic heterocycles. The molecule has 1 aromatic heterocycles. The van der Waals surface area contributed by atoms with Crippen LogP contribution in [0.1, 0.15) is 0 Å². The van der Waals surface area contributed by atoms with Gasteiger partial charge in [-0.2, -0.15) is 16.9 Å². The highest BCUT2D eigenvalue weighted by Crippen LogP contribution is 2.24. The van der Waals surface area contributed by atoms with Crippen molar-refractivity contribution >= 4 is 33.4 Å². The Labute approximate surface area is 101 Å². The fourth-order valence-electron chi connectivity index (χ4n) is 1.53. The molecule has 1 saturated heterocycles. The van der Waals surface area contributed by atoms with Gasteiger partial charge >= 0.3 is 0 Å². The molecule has 1 fully saturated rings. The molecule has 0 aromatic carbocycles. The second-order valence-electron chi connectivity index (χ2n) is 3.37. The Morgan fingerprint density at radius 1 is 1.47 bits per heavy atom. The van der Waals surface area contributed by atoms with Gasteiger partial charge in [0.1, 0.15) is 4.47 Å². The fourth-order valence-corrected chi connectivity index (χ4v) is 3.04. The Balaban J connectivity index is 2.35. The van der Waals surface area contributed by atoms with E-state index in [-0.39, 0.29) is 5.56 Å². The number of nitrogens with zero attached hydrogens (tertiary/aromatic N) is 3. The van der Waals surface area contributed by atoms with Gasteiger partial charge in [0.05, 0.1) is 11.9 Å². The Morgan fingerprint density at radius 3 is 2.80 bits per heavy atom. The molecule has 1 aromatic rings. The average Bonchev–Trinajstić information content (AvgIpc) is 2.27. The molecular formula is C9H12BrN3OS. The number of hydrogen-bond donors (Lipinski definition) is 0. The lowest BCUT2D eigenvalue weighted by molar-refractivity contribution is 0.695. The van der Waals surface area contributed by atoms with Crippen LogP contribution in [0.4, 0.5) is 5.69 Å². The third kappa shape index (κ3) is 2.20. The molecule has 0 amide bonds. The lowest BCUT2D eigenvalue weighted by atomic mass is 10.4. The molecule has 0 spiro atoms. The van der Waals surface area contributed by atoms with Gasteiger partial charge in [0, 0.05) is 31.6 Å². The summed E-state index contributed by atoms with van der Waals surface area (Å²) in [5.74, 6) is 2.23. The minimum Gasteiger partial charge on any atom is -0.368 e. The molecule has 2 heterocycles. The van der Waals surface area contributed by atoms with Crippen LogP contribution in [0.3, 0.4) is 0 Å². The number of anilines is 1. The molecule has 6 heteroatoms. The predicted molar refractivity (Wildman–Crippen MR) is 66.7 cm³/mol. The highest BCUT2D eigenvalue weighted by Gasteiger charge is 2.16. The van der Waals surface area contributed by atoms with Crippen LogP contribution in [0.5, 0.6) is 0 Å². The highest BCUT2D eigenvalue weighted by atomic mass is 79.9. The smallest absolute Gasteiger partial charge is 0.282 e. The van der Waals surface area contributed by atoms with Gasteiger partial charge in [-0.25, -0.2) is 4.68 Å². The number of rotatable bonds is 1. The quantitative estimate of drug-likeness (QED) is 0.776. The lowest BCUT2D eigenvalue weighted by Crippen LogP contribution is -2.34. The molecule has 0 atom stereocenters. The van der Waals surface area contributed by atoms with Crippen molar-refractivity contribution in [1.29, 1.82) is 0 Å². The van der Waals surface area contributed by atoms with Gasteiger partial charge in [-0.3, -0.25) is 4.79 Å². The average molecular weight is 290 g/mol. The maximum absolute atomic E-state index is 11.7. The largest absolute Gasteiger partial charge is 0.368 e. The number of aryl methyl sites for hydroxylation is 1. The molecule has 1 aliphatic rings. The third-order valence-electron chi connectivity index (χ3n) is 2.41. The molecular weight excluding hydrogens is 278 g/mol. The first-order valence-corrected chi connectivity index (χ1v) is 6.69. The topological polar surface area (TPSA) is 38.1 Å². The van der Waals surface area contributed by atoms with Crippen LogP contribution in [-0.4, -0.2) is 34.4 Å². The van der Waals surface area contributed by atoms with Crippen molar-refractivity contribution in [3.63, 3.8) is 0 Å². The summed E-state index contributed by atoms with van der Waals surface area (Å²) in [5, 5.41) is 4.04. The Bertz CT molecular complexity index is 414. The van der Waals surface area contributed by atoms with E-state index in [1.807, 2.05) is 11.8 Å². The van der Waals surface area contributed by atoms with E-state index in [0.29, 0.717) is 4.47 Å². The van der Waals surface area contributed by atoms with Crippen molar-refractivity contribution < 1.29 is 0 Å². The van der Waals surface area contributed by atoms with Crippen molar-refractivity contribution in [3.05, 3.63) is 21.0 Å². The van der Waals surface area contributed by atoms with Crippen LogP contribution >= 0.6 is 27.7 Å². The zero-order valence-electron chi connectivity index (χ0n) is 8.44. The molecule has 2 rings (SSSR count). The van der Waals surface area contributed by atoms with Crippen molar-refractivity contribution in [2.24, 2.45) is 7.05 Å². The van der Waals surface area contributed by atoms with Gasteiger partial charge in [0.2, 0.25) is 0 Å². The highest BCUT2D eigenvalue weighted by molar-refractivity contribution is 9.10. The summed E-state index contributed by atoms with van der Waals surface area (Å²) < 4.78 is 1.96.